The molecule has 1 aliphatic rings. The van der Waals surface area contributed by atoms with E-state index in [1.54, 1.807) is 0 Å². The largest absolute Gasteiger partial charge is 0.465 e. The van der Waals surface area contributed by atoms with Gasteiger partial charge in [-0.3, -0.25) is 4.79 Å². The molecule has 4 heteroatoms. The number of benzene rings is 1. The van der Waals surface area contributed by atoms with Gasteiger partial charge in [-0.25, -0.2) is 0 Å². The Morgan fingerprint density at radius 1 is 1.40 bits per heavy atom. The van der Waals surface area contributed by atoms with Crippen LogP contribution in [0.5, 0.6) is 0 Å². The van der Waals surface area contributed by atoms with Crippen LogP contribution in [0.4, 0.5) is 0 Å². The van der Waals surface area contributed by atoms with Gasteiger partial charge in [-0.05, 0) is 32.4 Å². The van der Waals surface area contributed by atoms with Crippen LogP contribution >= 0.6 is 12.4 Å². The van der Waals surface area contributed by atoms with Gasteiger partial charge in [0.15, 0.2) is 0 Å². The van der Waals surface area contributed by atoms with Crippen LogP contribution in [-0.4, -0.2) is 25.7 Å². The van der Waals surface area contributed by atoms with E-state index in [-0.39, 0.29) is 24.4 Å². The van der Waals surface area contributed by atoms with Crippen LogP contribution < -0.4 is 5.32 Å². The van der Waals surface area contributed by atoms with Gasteiger partial charge in [0.25, 0.3) is 0 Å². The molecule has 110 valence electrons. The van der Waals surface area contributed by atoms with Crippen molar-refractivity contribution in [3.05, 3.63) is 48.0 Å². The zero-order valence-electron chi connectivity index (χ0n) is 12.0. The molecule has 0 bridgehead atoms. The van der Waals surface area contributed by atoms with E-state index < -0.39 is 5.41 Å². The zero-order chi connectivity index (χ0) is 13.7. The molecule has 3 nitrogen and oxygen atoms in total. The molecule has 0 saturated heterocycles. The maximum absolute atomic E-state index is 12.6. The van der Waals surface area contributed by atoms with E-state index in [1.165, 1.54) is 0 Å². The third-order valence-corrected chi connectivity index (χ3v) is 3.80. The second kappa shape index (κ2) is 7.46. The summed E-state index contributed by atoms with van der Waals surface area (Å²) in [4.78, 5) is 12.6. The number of allylic oxidation sites excluding steroid dienone is 1. The molecule has 1 aromatic carbocycles. The average molecular weight is 296 g/mol. The minimum atomic E-state index is -0.610. The Morgan fingerprint density at radius 3 is 2.70 bits per heavy atom. The summed E-state index contributed by atoms with van der Waals surface area (Å²) in [6.45, 7) is 2.26. The number of nitrogens with one attached hydrogen (secondary N) is 1. The topological polar surface area (TPSA) is 38.3 Å². The van der Waals surface area contributed by atoms with Crippen LogP contribution in [0.25, 0.3) is 0 Å². The molecule has 0 aliphatic heterocycles. The fourth-order valence-corrected chi connectivity index (χ4v) is 2.87. The molecule has 0 aromatic heterocycles. The Bertz CT molecular complexity index is 461. The number of halogens is 1. The van der Waals surface area contributed by atoms with Gasteiger partial charge in [0.2, 0.25) is 0 Å². The van der Waals surface area contributed by atoms with Crippen molar-refractivity contribution >= 4 is 18.4 Å². The SMILES string of the molecule is CCOC(=O)[C@@]1(c2ccccc2)CCC=C[C@H]1NC.Cl. The van der Waals surface area contributed by atoms with Crippen molar-refractivity contribution in [3.63, 3.8) is 0 Å². The van der Waals surface area contributed by atoms with E-state index in [9.17, 15) is 4.79 Å². The van der Waals surface area contributed by atoms with E-state index in [1.807, 2.05) is 44.3 Å². The number of carbonyl (C=O) groups excluding carboxylic acids is 1. The van der Waals surface area contributed by atoms with Crippen molar-refractivity contribution in [3.8, 4) is 0 Å². The van der Waals surface area contributed by atoms with Gasteiger partial charge >= 0.3 is 5.97 Å². The Labute approximate surface area is 126 Å². The Balaban J connectivity index is 0.00000200. The molecule has 0 radical (unpaired) electrons. The number of esters is 1. The second-order valence-corrected chi connectivity index (χ2v) is 4.79. The van der Waals surface area contributed by atoms with Crippen molar-refractivity contribution in [2.75, 3.05) is 13.7 Å². The molecule has 1 N–H and O–H groups in total. The lowest BCUT2D eigenvalue weighted by Crippen LogP contribution is -2.53. The van der Waals surface area contributed by atoms with Crippen LogP contribution in [0.1, 0.15) is 25.3 Å². The highest BCUT2D eigenvalue weighted by Gasteiger charge is 2.47. The smallest absolute Gasteiger partial charge is 0.318 e. The maximum Gasteiger partial charge on any atom is 0.318 e. The average Bonchev–Trinajstić information content (AvgIpc) is 2.48. The molecular weight excluding hydrogens is 274 g/mol. The monoisotopic (exact) mass is 295 g/mol. The predicted octanol–water partition coefficient (Wildman–Crippen LogP) is 2.85. The highest BCUT2D eigenvalue weighted by atomic mass is 35.5. The van der Waals surface area contributed by atoms with E-state index in [0.29, 0.717) is 6.61 Å². The van der Waals surface area contributed by atoms with Crippen molar-refractivity contribution in [1.82, 2.24) is 5.32 Å². The lowest BCUT2D eigenvalue weighted by atomic mass is 9.68. The Hall–Kier alpha value is -1.32. The molecular formula is C16H22ClNO2. The first-order valence-corrected chi connectivity index (χ1v) is 6.82. The molecule has 0 unspecified atom stereocenters. The summed E-state index contributed by atoms with van der Waals surface area (Å²) in [6, 6.07) is 9.92. The summed E-state index contributed by atoms with van der Waals surface area (Å²) in [5.74, 6) is -0.134. The van der Waals surface area contributed by atoms with Crippen LogP contribution in [0.2, 0.25) is 0 Å². The molecule has 1 aliphatic carbocycles. The van der Waals surface area contributed by atoms with E-state index >= 15 is 0 Å². The first-order valence-electron chi connectivity index (χ1n) is 6.82. The predicted molar refractivity (Wildman–Crippen MR) is 83.2 cm³/mol. The fraction of sp³-hybridized carbons (Fsp3) is 0.438. The summed E-state index contributed by atoms with van der Waals surface area (Å²) < 4.78 is 5.36. The number of rotatable bonds is 4. The van der Waals surface area contributed by atoms with Crippen molar-refractivity contribution in [2.24, 2.45) is 0 Å². The second-order valence-electron chi connectivity index (χ2n) is 4.79. The summed E-state index contributed by atoms with van der Waals surface area (Å²) >= 11 is 0. The van der Waals surface area contributed by atoms with Gasteiger partial charge in [0, 0.05) is 6.04 Å². The van der Waals surface area contributed by atoms with Gasteiger partial charge < -0.3 is 10.1 Å². The first-order chi connectivity index (χ1) is 9.25. The Kier molecular flexibility index (Phi) is 6.24. The van der Waals surface area contributed by atoms with Crippen LogP contribution in [0.3, 0.4) is 0 Å². The van der Waals surface area contributed by atoms with Gasteiger partial charge in [-0.2, -0.15) is 0 Å². The third-order valence-electron chi connectivity index (χ3n) is 3.80. The first kappa shape index (κ1) is 16.7. The van der Waals surface area contributed by atoms with E-state index in [4.69, 9.17) is 4.74 Å². The standard InChI is InChI=1S/C16H21NO2.ClH/c1-3-19-15(18)16(13-9-5-4-6-10-13)12-8-7-11-14(16)17-2;/h4-7,9-11,14,17H,3,8,12H2,1-2H3;1H/t14-,16-;/m1./s1. The molecule has 1 aromatic rings. The zero-order valence-corrected chi connectivity index (χ0v) is 12.8. The lowest BCUT2D eigenvalue weighted by Gasteiger charge is -2.39. The number of likely N-dealkylation sites (N-methyl/N-ethyl adjacent to an activating group) is 1. The highest BCUT2D eigenvalue weighted by Crippen LogP contribution is 2.38. The molecule has 2 atom stereocenters. The lowest BCUT2D eigenvalue weighted by molar-refractivity contribution is -0.151. The molecule has 0 spiro atoms. The fourth-order valence-electron chi connectivity index (χ4n) is 2.87. The van der Waals surface area contributed by atoms with Gasteiger partial charge in [-0.15, -0.1) is 12.4 Å². The van der Waals surface area contributed by atoms with E-state index in [0.717, 1.165) is 18.4 Å². The maximum atomic E-state index is 12.6. The summed E-state index contributed by atoms with van der Waals surface area (Å²) in [6.07, 6.45) is 5.87. The van der Waals surface area contributed by atoms with Gasteiger partial charge in [0.1, 0.15) is 5.41 Å². The van der Waals surface area contributed by atoms with E-state index in [2.05, 4.69) is 17.5 Å². The van der Waals surface area contributed by atoms with Gasteiger partial charge in [0.05, 0.1) is 6.61 Å². The number of ether oxygens (including phenoxy) is 1. The van der Waals surface area contributed by atoms with Crippen LogP contribution in [0.15, 0.2) is 42.5 Å². The Morgan fingerprint density at radius 2 is 2.10 bits per heavy atom. The molecule has 20 heavy (non-hydrogen) atoms. The molecule has 0 fully saturated rings. The minimum absolute atomic E-state index is 0. The van der Waals surface area contributed by atoms with Crippen molar-refractivity contribution < 1.29 is 9.53 Å². The molecule has 0 heterocycles. The quantitative estimate of drug-likeness (QED) is 0.686. The summed E-state index contributed by atoms with van der Waals surface area (Å²) in [7, 11) is 1.89. The molecule has 2 rings (SSSR count). The van der Waals surface area contributed by atoms with Crippen LogP contribution in [-0.2, 0) is 14.9 Å². The molecule has 0 amide bonds. The van der Waals surface area contributed by atoms with Crippen molar-refractivity contribution in [1.29, 1.82) is 0 Å². The normalized spacial score (nSPS) is 24.8. The molecule has 0 saturated carbocycles. The number of carbonyl (C=O) groups is 1. The number of hydrogen-bond donors (Lipinski definition) is 1. The summed E-state index contributed by atoms with van der Waals surface area (Å²) in [5.41, 5.74) is 0.415. The highest BCUT2D eigenvalue weighted by molar-refractivity contribution is 5.85. The minimum Gasteiger partial charge on any atom is -0.465 e. The number of hydrogen-bond acceptors (Lipinski definition) is 3. The van der Waals surface area contributed by atoms with Crippen LogP contribution in [0, 0.1) is 0 Å². The summed E-state index contributed by atoms with van der Waals surface area (Å²) in [5, 5.41) is 3.24. The van der Waals surface area contributed by atoms with Crippen molar-refractivity contribution in [2.45, 2.75) is 31.2 Å². The van der Waals surface area contributed by atoms with Gasteiger partial charge in [-0.1, -0.05) is 42.5 Å². The third kappa shape index (κ3) is 2.89.